The Morgan fingerprint density at radius 2 is 1.83 bits per heavy atom. The lowest BCUT2D eigenvalue weighted by Crippen LogP contribution is -2.75. The first kappa shape index (κ1) is 25.1. The van der Waals surface area contributed by atoms with Crippen LogP contribution in [0, 0.1) is 6.92 Å². The smallest absolute Gasteiger partial charge is 0.333 e. The van der Waals surface area contributed by atoms with Gasteiger partial charge in [-0.1, -0.05) is 60.2 Å². The molecule has 0 unspecified atom stereocenters. The Labute approximate surface area is 211 Å². The average Bonchev–Trinajstić information content (AvgIpc) is 2.83. The fraction of sp³-hybridized carbons (Fsp3) is 0.423. The standard InChI is InChI=1S/C26H33N5O3S/c1-19-8-7-11-21(14-19)16-29-17-23-30(22(25(29)33)12-13-35-3)24(32)18-28(2)31(23)26(34)27-15-20-9-5-4-6-10-20/h4-11,14,22-23H,12-13,15-18H2,1-3H3,(H,27,34)/t22-,23-/m0/s1. The van der Waals surface area contributed by atoms with Gasteiger partial charge in [0.15, 0.2) is 0 Å². The lowest BCUT2D eigenvalue weighted by Gasteiger charge is -2.54. The van der Waals surface area contributed by atoms with Crippen LogP contribution in [0.5, 0.6) is 0 Å². The van der Waals surface area contributed by atoms with E-state index in [2.05, 4.69) is 11.4 Å². The third-order valence-corrected chi connectivity index (χ3v) is 7.13. The molecule has 0 aromatic heterocycles. The Bertz CT molecular complexity index is 1070. The van der Waals surface area contributed by atoms with Crippen molar-refractivity contribution in [2.24, 2.45) is 0 Å². The van der Waals surface area contributed by atoms with Gasteiger partial charge >= 0.3 is 6.03 Å². The van der Waals surface area contributed by atoms with Gasteiger partial charge in [-0.2, -0.15) is 11.8 Å². The minimum absolute atomic E-state index is 0.0518. The van der Waals surface area contributed by atoms with Gasteiger partial charge < -0.3 is 15.1 Å². The van der Waals surface area contributed by atoms with Gasteiger partial charge in [-0.25, -0.2) is 14.8 Å². The van der Waals surface area contributed by atoms with E-state index in [9.17, 15) is 14.4 Å². The molecular formula is C26H33N5O3S. The second kappa shape index (κ2) is 11.1. The summed E-state index contributed by atoms with van der Waals surface area (Å²) >= 11 is 1.65. The SMILES string of the molecule is CSCC[C@H]1C(=O)N(Cc2cccc(C)c2)C[C@H]2N1C(=O)CN(C)N2C(=O)NCc1ccccc1. The molecule has 2 heterocycles. The number of thioether (sulfide) groups is 1. The van der Waals surface area contributed by atoms with E-state index in [0.717, 1.165) is 22.4 Å². The van der Waals surface area contributed by atoms with Crippen LogP contribution in [0.2, 0.25) is 0 Å². The number of nitrogens with one attached hydrogen (secondary N) is 1. The van der Waals surface area contributed by atoms with Crippen LogP contribution >= 0.6 is 11.8 Å². The van der Waals surface area contributed by atoms with Crippen LogP contribution in [-0.4, -0.2) is 82.0 Å². The maximum atomic E-state index is 13.6. The normalized spacial score (nSPS) is 20.7. The predicted molar refractivity (Wildman–Crippen MR) is 137 cm³/mol. The Morgan fingerprint density at radius 1 is 1.09 bits per heavy atom. The Kier molecular flexibility index (Phi) is 7.97. The summed E-state index contributed by atoms with van der Waals surface area (Å²) in [5.74, 6) is 0.569. The van der Waals surface area contributed by atoms with E-state index in [4.69, 9.17) is 0 Å². The molecule has 0 aliphatic carbocycles. The lowest BCUT2D eigenvalue weighted by atomic mass is 10.0. The summed E-state index contributed by atoms with van der Waals surface area (Å²) in [5, 5.41) is 6.25. The Balaban J connectivity index is 1.60. The third kappa shape index (κ3) is 5.62. The molecule has 0 bridgehead atoms. The maximum absolute atomic E-state index is 13.6. The van der Waals surface area contributed by atoms with Crippen LogP contribution in [0.25, 0.3) is 0 Å². The van der Waals surface area contributed by atoms with E-state index in [1.807, 2.05) is 61.7 Å². The number of hydrazine groups is 1. The first-order valence-corrected chi connectivity index (χ1v) is 13.2. The number of rotatable bonds is 7. The van der Waals surface area contributed by atoms with E-state index in [0.29, 0.717) is 19.5 Å². The minimum Gasteiger partial charge on any atom is -0.333 e. The molecule has 2 aromatic carbocycles. The van der Waals surface area contributed by atoms with Gasteiger partial charge in [-0.15, -0.1) is 0 Å². The average molecular weight is 496 g/mol. The van der Waals surface area contributed by atoms with Crippen molar-refractivity contribution in [3.8, 4) is 0 Å². The lowest BCUT2D eigenvalue weighted by molar-refractivity contribution is -0.187. The number of nitrogens with zero attached hydrogens (tertiary/aromatic N) is 4. The van der Waals surface area contributed by atoms with Crippen molar-refractivity contribution in [3.63, 3.8) is 0 Å². The number of benzene rings is 2. The van der Waals surface area contributed by atoms with Crippen molar-refractivity contribution >= 4 is 29.6 Å². The van der Waals surface area contributed by atoms with E-state index in [1.54, 1.807) is 38.6 Å². The van der Waals surface area contributed by atoms with Crippen LogP contribution in [0.1, 0.15) is 23.1 Å². The monoisotopic (exact) mass is 495 g/mol. The van der Waals surface area contributed by atoms with Gasteiger partial charge in [0, 0.05) is 20.1 Å². The zero-order valence-electron chi connectivity index (χ0n) is 20.5. The fourth-order valence-corrected chi connectivity index (χ4v) is 5.30. The number of fused-ring (bicyclic) bond motifs is 1. The van der Waals surface area contributed by atoms with Crippen molar-refractivity contribution in [1.29, 1.82) is 0 Å². The number of urea groups is 1. The molecule has 2 saturated heterocycles. The topological polar surface area (TPSA) is 76.2 Å². The van der Waals surface area contributed by atoms with Gasteiger partial charge in [0.2, 0.25) is 11.8 Å². The Hall–Kier alpha value is -3.04. The van der Waals surface area contributed by atoms with Crippen LogP contribution in [0.3, 0.4) is 0 Å². The molecule has 1 N–H and O–H groups in total. The molecule has 0 spiro atoms. The van der Waals surface area contributed by atoms with Crippen molar-refractivity contribution in [2.75, 3.05) is 32.1 Å². The molecule has 35 heavy (non-hydrogen) atoms. The largest absolute Gasteiger partial charge is 0.334 e. The van der Waals surface area contributed by atoms with Crippen molar-refractivity contribution in [2.45, 2.75) is 38.6 Å². The molecule has 0 saturated carbocycles. The van der Waals surface area contributed by atoms with Crippen molar-refractivity contribution in [1.82, 2.24) is 25.1 Å². The number of likely N-dealkylation sites (N-methyl/N-ethyl adjacent to an activating group) is 1. The van der Waals surface area contributed by atoms with Gasteiger partial charge in [0.1, 0.15) is 12.2 Å². The molecular weight excluding hydrogens is 462 g/mol. The Morgan fingerprint density at radius 3 is 2.54 bits per heavy atom. The highest BCUT2D eigenvalue weighted by molar-refractivity contribution is 7.98. The number of carbonyl (C=O) groups excluding carboxylic acids is 3. The summed E-state index contributed by atoms with van der Waals surface area (Å²) in [5.41, 5.74) is 3.15. The molecule has 2 aliphatic rings. The number of hydrogen-bond acceptors (Lipinski definition) is 5. The predicted octanol–water partition coefficient (Wildman–Crippen LogP) is 2.69. The van der Waals surface area contributed by atoms with Crippen LogP contribution in [0.4, 0.5) is 4.79 Å². The summed E-state index contributed by atoms with van der Waals surface area (Å²) in [6.45, 7) is 3.16. The number of piperazine rings is 1. The molecule has 4 amide bonds. The highest BCUT2D eigenvalue weighted by atomic mass is 32.2. The first-order chi connectivity index (χ1) is 16.9. The van der Waals surface area contributed by atoms with E-state index < -0.39 is 12.2 Å². The van der Waals surface area contributed by atoms with E-state index >= 15 is 0 Å². The molecule has 4 rings (SSSR count). The summed E-state index contributed by atoms with van der Waals surface area (Å²) in [6, 6.07) is 16.9. The van der Waals surface area contributed by atoms with E-state index in [1.165, 1.54) is 0 Å². The summed E-state index contributed by atoms with van der Waals surface area (Å²) < 4.78 is 0. The number of hydrogen-bond donors (Lipinski definition) is 1. The van der Waals surface area contributed by atoms with Gasteiger partial charge in [0.25, 0.3) is 0 Å². The summed E-state index contributed by atoms with van der Waals surface area (Å²) in [6.07, 6.45) is 1.98. The van der Waals surface area contributed by atoms with Crippen LogP contribution < -0.4 is 5.32 Å². The molecule has 2 aliphatic heterocycles. The molecule has 0 radical (unpaired) electrons. The van der Waals surface area contributed by atoms with Crippen molar-refractivity contribution < 1.29 is 14.4 Å². The quantitative estimate of drug-likeness (QED) is 0.639. The zero-order valence-corrected chi connectivity index (χ0v) is 21.3. The molecule has 186 valence electrons. The van der Waals surface area contributed by atoms with Gasteiger partial charge in [-0.05, 0) is 36.5 Å². The second-order valence-corrected chi connectivity index (χ2v) is 10.1. The highest BCUT2D eigenvalue weighted by Gasteiger charge is 2.50. The summed E-state index contributed by atoms with van der Waals surface area (Å²) in [4.78, 5) is 43.6. The minimum atomic E-state index is -0.586. The van der Waals surface area contributed by atoms with Crippen LogP contribution in [0.15, 0.2) is 54.6 Å². The van der Waals surface area contributed by atoms with Crippen molar-refractivity contribution in [3.05, 3.63) is 71.3 Å². The zero-order chi connectivity index (χ0) is 24.9. The number of carbonyl (C=O) groups is 3. The number of aryl methyl sites for hydroxylation is 1. The van der Waals surface area contributed by atoms with Gasteiger partial charge in [-0.3, -0.25) is 9.59 Å². The second-order valence-electron chi connectivity index (χ2n) is 9.09. The first-order valence-electron chi connectivity index (χ1n) is 11.9. The highest BCUT2D eigenvalue weighted by Crippen LogP contribution is 2.29. The van der Waals surface area contributed by atoms with Gasteiger partial charge in [0.05, 0.1) is 13.1 Å². The number of amides is 4. The fourth-order valence-electron chi connectivity index (χ4n) is 4.84. The third-order valence-electron chi connectivity index (χ3n) is 6.49. The molecule has 2 aromatic rings. The molecule has 2 atom stereocenters. The van der Waals surface area contributed by atoms with Crippen LogP contribution in [-0.2, 0) is 22.7 Å². The summed E-state index contributed by atoms with van der Waals surface area (Å²) in [7, 11) is 1.75. The molecule has 2 fully saturated rings. The molecule has 8 nitrogen and oxygen atoms in total. The maximum Gasteiger partial charge on any atom is 0.334 e. The molecule has 9 heteroatoms. The van der Waals surface area contributed by atoms with E-state index in [-0.39, 0.29) is 30.9 Å².